The predicted octanol–water partition coefficient (Wildman–Crippen LogP) is 3.57. The van der Waals surface area contributed by atoms with Crippen LogP contribution in [0.5, 0.6) is 5.75 Å². The number of aromatic hydroxyl groups is 1. The summed E-state index contributed by atoms with van der Waals surface area (Å²) >= 11 is 0. The van der Waals surface area contributed by atoms with Gasteiger partial charge in [-0.05, 0) is 73.8 Å². The van der Waals surface area contributed by atoms with E-state index in [1.54, 1.807) is 18.2 Å². The summed E-state index contributed by atoms with van der Waals surface area (Å²) in [6, 6.07) is 6.58. The summed E-state index contributed by atoms with van der Waals surface area (Å²) in [4.78, 5) is 12.2. The van der Waals surface area contributed by atoms with Gasteiger partial charge in [0.15, 0.2) is 0 Å². The number of phenols is 1. The molecule has 1 aromatic rings. The maximum absolute atomic E-state index is 12.2. The number of hydrogen-bond donors (Lipinski definition) is 2. The summed E-state index contributed by atoms with van der Waals surface area (Å²) in [6.07, 6.45) is 6.48. The molecule has 3 fully saturated rings. The smallest absolute Gasteiger partial charge is 0.275 e. The van der Waals surface area contributed by atoms with Crippen LogP contribution in [-0.4, -0.2) is 16.7 Å². The fourth-order valence-corrected chi connectivity index (χ4v) is 5.21. The van der Waals surface area contributed by atoms with Crippen LogP contribution >= 0.6 is 0 Å². The summed E-state index contributed by atoms with van der Waals surface area (Å²) in [5.41, 5.74) is 4.06. The number of para-hydroxylation sites is 1. The van der Waals surface area contributed by atoms with Crippen molar-refractivity contribution in [3.8, 4) is 5.75 Å². The molecule has 0 aliphatic heterocycles. The van der Waals surface area contributed by atoms with E-state index >= 15 is 0 Å². The molecule has 0 saturated heterocycles. The summed E-state index contributed by atoms with van der Waals surface area (Å²) in [6.45, 7) is 2.23. The maximum atomic E-state index is 12.2. The van der Waals surface area contributed by atoms with Crippen molar-refractivity contribution < 1.29 is 9.90 Å². The normalized spacial score (nSPS) is 36.9. The Bertz CT molecular complexity index is 655. The monoisotopic (exact) mass is 312 g/mol. The van der Waals surface area contributed by atoms with Crippen molar-refractivity contribution >= 4 is 11.6 Å². The van der Waals surface area contributed by atoms with Gasteiger partial charge in [0.2, 0.25) is 0 Å². The first kappa shape index (κ1) is 14.7. The van der Waals surface area contributed by atoms with Crippen LogP contribution in [0.15, 0.2) is 29.4 Å². The van der Waals surface area contributed by atoms with Crippen molar-refractivity contribution in [3.63, 3.8) is 0 Å². The third kappa shape index (κ3) is 2.54. The van der Waals surface area contributed by atoms with Gasteiger partial charge in [-0.25, -0.2) is 5.43 Å². The van der Waals surface area contributed by atoms with Crippen LogP contribution < -0.4 is 5.43 Å². The van der Waals surface area contributed by atoms with E-state index in [0.717, 1.165) is 35.8 Å². The highest BCUT2D eigenvalue weighted by molar-refractivity contribution is 5.98. The Hall–Kier alpha value is -1.84. The third-order valence-corrected chi connectivity index (χ3v) is 6.36. The lowest BCUT2D eigenvalue weighted by Crippen LogP contribution is -2.36. The lowest BCUT2D eigenvalue weighted by molar-refractivity contribution is 0.0951. The molecule has 4 heteroatoms. The van der Waals surface area contributed by atoms with Crippen LogP contribution in [0.1, 0.15) is 49.4 Å². The molecular formula is C19H24N2O2. The van der Waals surface area contributed by atoms with Gasteiger partial charge in [0.1, 0.15) is 5.75 Å². The molecule has 3 aliphatic rings. The largest absolute Gasteiger partial charge is 0.507 e. The zero-order valence-corrected chi connectivity index (χ0v) is 13.5. The summed E-state index contributed by atoms with van der Waals surface area (Å²) in [5, 5.41) is 14.2. The Morgan fingerprint density at radius 3 is 2.70 bits per heavy atom. The second-order valence-corrected chi connectivity index (χ2v) is 7.56. The number of benzene rings is 1. The molecule has 0 unspecified atom stereocenters. The first-order chi connectivity index (χ1) is 11.1. The minimum atomic E-state index is -0.335. The summed E-state index contributed by atoms with van der Waals surface area (Å²) in [7, 11) is 0. The number of amides is 1. The molecule has 1 aromatic carbocycles. The molecular weight excluding hydrogens is 288 g/mol. The molecule has 3 saturated carbocycles. The zero-order valence-electron chi connectivity index (χ0n) is 13.5. The van der Waals surface area contributed by atoms with Crippen LogP contribution in [0.3, 0.4) is 0 Å². The van der Waals surface area contributed by atoms with Crippen molar-refractivity contribution in [3.05, 3.63) is 29.8 Å². The lowest BCUT2D eigenvalue weighted by atomic mass is 9.67. The van der Waals surface area contributed by atoms with E-state index in [1.165, 1.54) is 31.7 Å². The Morgan fingerprint density at radius 2 is 1.91 bits per heavy atom. The molecule has 0 radical (unpaired) electrons. The molecule has 5 atom stereocenters. The van der Waals surface area contributed by atoms with E-state index < -0.39 is 0 Å². The van der Waals surface area contributed by atoms with Gasteiger partial charge < -0.3 is 5.11 Å². The standard InChI is InChI=1S/C19H24N2O2/c1-11-8-15-12-6-7-13(9-12)16(15)10-17(11)20-21-19(23)14-4-2-3-5-18(14)22/h2-5,11-13,15-16,22H,6-10H2,1H3,(H,21,23)/b20-17+/t11-,12+,13+,15+,16-/m0/s1. The van der Waals surface area contributed by atoms with E-state index in [4.69, 9.17) is 0 Å². The number of nitrogens with one attached hydrogen (secondary N) is 1. The minimum absolute atomic E-state index is 0.00457. The van der Waals surface area contributed by atoms with E-state index in [1.807, 2.05) is 0 Å². The number of rotatable bonds is 2. The van der Waals surface area contributed by atoms with Gasteiger partial charge in [-0.2, -0.15) is 5.10 Å². The SMILES string of the molecule is C[C@H]1C[C@@H]2[C@@H]3CC[C@H](C3)[C@@H]2C/C1=N\NC(=O)c1ccccc1O. The van der Waals surface area contributed by atoms with Crippen LogP contribution in [0.2, 0.25) is 0 Å². The molecule has 3 aliphatic carbocycles. The van der Waals surface area contributed by atoms with Crippen LogP contribution in [-0.2, 0) is 0 Å². The van der Waals surface area contributed by atoms with E-state index in [0.29, 0.717) is 5.92 Å². The van der Waals surface area contributed by atoms with Gasteiger partial charge in [0.05, 0.1) is 5.56 Å². The van der Waals surface area contributed by atoms with Crippen LogP contribution in [0, 0.1) is 29.6 Å². The van der Waals surface area contributed by atoms with Crippen molar-refractivity contribution in [1.29, 1.82) is 0 Å². The van der Waals surface area contributed by atoms with Gasteiger partial charge in [-0.3, -0.25) is 4.79 Å². The molecule has 2 bridgehead atoms. The molecule has 122 valence electrons. The molecule has 0 heterocycles. The first-order valence-corrected chi connectivity index (χ1v) is 8.78. The van der Waals surface area contributed by atoms with Gasteiger partial charge >= 0.3 is 0 Å². The van der Waals surface area contributed by atoms with Crippen molar-refractivity contribution in [2.75, 3.05) is 0 Å². The quantitative estimate of drug-likeness (QED) is 0.820. The van der Waals surface area contributed by atoms with E-state index in [9.17, 15) is 9.90 Å². The van der Waals surface area contributed by atoms with E-state index in [2.05, 4.69) is 17.5 Å². The zero-order chi connectivity index (χ0) is 16.0. The number of nitrogens with zero attached hydrogens (tertiary/aromatic N) is 1. The number of fused-ring (bicyclic) bond motifs is 5. The number of phenolic OH excluding ortho intramolecular Hbond substituents is 1. The molecule has 4 nitrogen and oxygen atoms in total. The molecule has 23 heavy (non-hydrogen) atoms. The molecule has 0 spiro atoms. The number of carbonyl (C=O) groups excluding carboxylic acids is 1. The average molecular weight is 312 g/mol. The topological polar surface area (TPSA) is 61.7 Å². The highest BCUT2D eigenvalue weighted by atomic mass is 16.3. The van der Waals surface area contributed by atoms with Gasteiger partial charge in [-0.15, -0.1) is 0 Å². The van der Waals surface area contributed by atoms with Crippen LogP contribution in [0.25, 0.3) is 0 Å². The molecule has 1 amide bonds. The van der Waals surface area contributed by atoms with Crippen LogP contribution in [0.4, 0.5) is 0 Å². The second-order valence-electron chi connectivity index (χ2n) is 7.56. The minimum Gasteiger partial charge on any atom is -0.507 e. The fraction of sp³-hybridized carbons (Fsp3) is 0.579. The Morgan fingerprint density at radius 1 is 1.17 bits per heavy atom. The third-order valence-electron chi connectivity index (χ3n) is 6.36. The Kier molecular flexibility index (Phi) is 3.63. The highest BCUT2D eigenvalue weighted by Crippen LogP contribution is 2.57. The summed E-state index contributed by atoms with van der Waals surface area (Å²) in [5.74, 6) is 3.61. The van der Waals surface area contributed by atoms with Gasteiger partial charge in [0, 0.05) is 5.71 Å². The van der Waals surface area contributed by atoms with Gasteiger partial charge in [-0.1, -0.05) is 19.1 Å². The van der Waals surface area contributed by atoms with Gasteiger partial charge in [0.25, 0.3) is 5.91 Å². The second kappa shape index (κ2) is 5.66. The summed E-state index contributed by atoms with van der Waals surface area (Å²) < 4.78 is 0. The van der Waals surface area contributed by atoms with Crippen molar-refractivity contribution in [2.24, 2.45) is 34.7 Å². The lowest BCUT2D eigenvalue weighted by Gasteiger charge is -2.38. The molecule has 0 aromatic heterocycles. The van der Waals surface area contributed by atoms with Crippen molar-refractivity contribution in [2.45, 2.75) is 39.0 Å². The fourth-order valence-electron chi connectivity index (χ4n) is 5.21. The Balaban J connectivity index is 1.46. The number of carbonyl (C=O) groups is 1. The number of hydrogen-bond acceptors (Lipinski definition) is 3. The van der Waals surface area contributed by atoms with Crippen molar-refractivity contribution in [1.82, 2.24) is 5.43 Å². The van der Waals surface area contributed by atoms with E-state index in [-0.39, 0.29) is 17.2 Å². The average Bonchev–Trinajstić information content (AvgIpc) is 3.14. The first-order valence-electron chi connectivity index (χ1n) is 8.78. The Labute approximate surface area is 137 Å². The maximum Gasteiger partial charge on any atom is 0.275 e. The molecule has 4 rings (SSSR count). The number of hydrazone groups is 1. The predicted molar refractivity (Wildman–Crippen MR) is 89.2 cm³/mol. The molecule has 2 N–H and O–H groups in total. The highest BCUT2D eigenvalue weighted by Gasteiger charge is 2.50.